The summed E-state index contributed by atoms with van der Waals surface area (Å²) in [5.74, 6) is -0.249. The second kappa shape index (κ2) is 7.70. The highest BCUT2D eigenvalue weighted by molar-refractivity contribution is 6.16. The summed E-state index contributed by atoms with van der Waals surface area (Å²) < 4.78 is 10.7. The van der Waals surface area contributed by atoms with Crippen molar-refractivity contribution in [3.05, 3.63) is 82.6 Å². The van der Waals surface area contributed by atoms with Crippen LogP contribution in [0.4, 0.5) is 0 Å². The minimum atomic E-state index is -0.546. The molecule has 1 amide bonds. The molecule has 0 fully saturated rings. The second-order valence-electron chi connectivity index (χ2n) is 5.82. The standard InChI is InChI=1S/C21H19NO4/c1-14-19(21(24)25-2)17(20(23)22-14)12-16-10-6-7-11-18(16)26-13-15-8-4-3-5-9-15/h3-12H,13H2,1-2H3,(H,22,23). The monoisotopic (exact) mass is 349 g/mol. The fourth-order valence-electron chi connectivity index (χ4n) is 2.74. The molecule has 0 atom stereocenters. The summed E-state index contributed by atoms with van der Waals surface area (Å²) in [5.41, 5.74) is 2.75. The van der Waals surface area contributed by atoms with E-state index in [-0.39, 0.29) is 17.1 Å². The van der Waals surface area contributed by atoms with Crippen molar-refractivity contribution < 1.29 is 19.1 Å². The summed E-state index contributed by atoms with van der Waals surface area (Å²) in [4.78, 5) is 24.3. The van der Waals surface area contributed by atoms with Crippen molar-refractivity contribution in [2.45, 2.75) is 13.5 Å². The maximum atomic E-state index is 12.2. The maximum Gasteiger partial charge on any atom is 0.340 e. The van der Waals surface area contributed by atoms with Crippen molar-refractivity contribution in [1.82, 2.24) is 5.32 Å². The lowest BCUT2D eigenvalue weighted by Gasteiger charge is -2.10. The number of benzene rings is 2. The molecule has 3 rings (SSSR count). The molecule has 0 spiro atoms. The van der Waals surface area contributed by atoms with Gasteiger partial charge in [-0.15, -0.1) is 0 Å². The van der Waals surface area contributed by atoms with Crippen molar-refractivity contribution >= 4 is 18.0 Å². The van der Waals surface area contributed by atoms with Gasteiger partial charge in [0, 0.05) is 11.3 Å². The van der Waals surface area contributed by atoms with Gasteiger partial charge in [-0.25, -0.2) is 4.79 Å². The summed E-state index contributed by atoms with van der Waals surface area (Å²) in [6.45, 7) is 2.08. The number of allylic oxidation sites excluding steroid dienone is 1. The third kappa shape index (κ3) is 3.67. The third-order valence-corrected chi connectivity index (χ3v) is 4.04. The number of rotatable bonds is 5. The van der Waals surface area contributed by atoms with E-state index in [0.717, 1.165) is 5.56 Å². The highest BCUT2D eigenvalue weighted by atomic mass is 16.5. The van der Waals surface area contributed by atoms with E-state index in [2.05, 4.69) is 5.32 Å². The van der Waals surface area contributed by atoms with Crippen LogP contribution in [0.5, 0.6) is 5.75 Å². The van der Waals surface area contributed by atoms with Gasteiger partial charge in [-0.2, -0.15) is 0 Å². The molecule has 5 heteroatoms. The topological polar surface area (TPSA) is 64.6 Å². The fourth-order valence-corrected chi connectivity index (χ4v) is 2.74. The zero-order valence-corrected chi connectivity index (χ0v) is 14.6. The Balaban J connectivity index is 1.91. The molecular weight excluding hydrogens is 330 g/mol. The highest BCUT2D eigenvalue weighted by Gasteiger charge is 2.30. The van der Waals surface area contributed by atoms with Crippen LogP contribution in [-0.4, -0.2) is 19.0 Å². The van der Waals surface area contributed by atoms with Crippen LogP contribution in [-0.2, 0) is 20.9 Å². The molecule has 1 aliphatic rings. The van der Waals surface area contributed by atoms with Crippen LogP contribution >= 0.6 is 0 Å². The molecule has 0 aromatic heterocycles. The van der Waals surface area contributed by atoms with E-state index < -0.39 is 5.97 Å². The van der Waals surface area contributed by atoms with Gasteiger partial charge >= 0.3 is 5.97 Å². The van der Waals surface area contributed by atoms with Gasteiger partial charge in [0.15, 0.2) is 0 Å². The molecule has 26 heavy (non-hydrogen) atoms. The number of hydrogen-bond acceptors (Lipinski definition) is 4. The number of para-hydroxylation sites is 1. The first-order valence-electron chi connectivity index (χ1n) is 8.18. The predicted octanol–water partition coefficient (Wildman–Crippen LogP) is 3.23. The first-order valence-corrected chi connectivity index (χ1v) is 8.18. The van der Waals surface area contributed by atoms with Crippen LogP contribution in [0, 0.1) is 0 Å². The summed E-state index contributed by atoms with van der Waals surface area (Å²) in [6, 6.07) is 17.2. The molecule has 0 bridgehead atoms. The lowest BCUT2D eigenvalue weighted by Crippen LogP contribution is -2.15. The molecule has 2 aromatic carbocycles. The van der Waals surface area contributed by atoms with Crippen LogP contribution in [0.1, 0.15) is 18.1 Å². The quantitative estimate of drug-likeness (QED) is 0.665. The highest BCUT2D eigenvalue weighted by Crippen LogP contribution is 2.28. The zero-order chi connectivity index (χ0) is 18.5. The van der Waals surface area contributed by atoms with Crippen LogP contribution in [0.2, 0.25) is 0 Å². The number of carbonyl (C=O) groups is 2. The number of hydrogen-bond donors (Lipinski definition) is 1. The first-order chi connectivity index (χ1) is 12.6. The molecule has 0 radical (unpaired) electrons. The Hall–Kier alpha value is -3.34. The van der Waals surface area contributed by atoms with E-state index >= 15 is 0 Å². The lowest BCUT2D eigenvalue weighted by atomic mass is 10.0. The van der Waals surface area contributed by atoms with Gasteiger partial charge in [0.05, 0.1) is 18.3 Å². The van der Waals surface area contributed by atoms with E-state index in [1.54, 1.807) is 13.0 Å². The minimum absolute atomic E-state index is 0.246. The van der Waals surface area contributed by atoms with E-state index in [9.17, 15) is 9.59 Å². The molecule has 0 unspecified atom stereocenters. The normalized spacial score (nSPS) is 15.2. The Morgan fingerprint density at radius 2 is 1.77 bits per heavy atom. The van der Waals surface area contributed by atoms with Gasteiger partial charge in [-0.3, -0.25) is 4.79 Å². The molecule has 1 heterocycles. The van der Waals surface area contributed by atoms with Gasteiger partial charge in [0.1, 0.15) is 12.4 Å². The molecular formula is C21H19NO4. The van der Waals surface area contributed by atoms with Gasteiger partial charge in [-0.1, -0.05) is 48.5 Å². The third-order valence-electron chi connectivity index (χ3n) is 4.04. The van der Waals surface area contributed by atoms with Gasteiger partial charge in [0.25, 0.3) is 5.91 Å². The summed E-state index contributed by atoms with van der Waals surface area (Å²) >= 11 is 0. The van der Waals surface area contributed by atoms with Crippen LogP contribution in [0.15, 0.2) is 71.4 Å². The molecule has 0 saturated carbocycles. The van der Waals surface area contributed by atoms with E-state index in [1.807, 2.05) is 54.6 Å². The number of esters is 1. The van der Waals surface area contributed by atoms with Gasteiger partial charge < -0.3 is 14.8 Å². The van der Waals surface area contributed by atoms with Crippen molar-refractivity contribution in [3.63, 3.8) is 0 Å². The van der Waals surface area contributed by atoms with Crippen LogP contribution < -0.4 is 10.1 Å². The van der Waals surface area contributed by atoms with Crippen LogP contribution in [0.25, 0.3) is 6.08 Å². The second-order valence-corrected chi connectivity index (χ2v) is 5.82. The molecule has 2 aromatic rings. The Labute approximate surface area is 151 Å². The number of amides is 1. The smallest absolute Gasteiger partial charge is 0.340 e. The molecule has 132 valence electrons. The van der Waals surface area contributed by atoms with Crippen molar-refractivity contribution in [1.29, 1.82) is 0 Å². The summed E-state index contributed by atoms with van der Waals surface area (Å²) in [7, 11) is 1.29. The molecule has 1 N–H and O–H groups in total. The fraction of sp³-hybridized carbons (Fsp3) is 0.143. The Morgan fingerprint density at radius 1 is 1.08 bits per heavy atom. The average Bonchev–Trinajstić information content (AvgIpc) is 2.94. The zero-order valence-electron chi connectivity index (χ0n) is 14.6. The summed E-state index contributed by atoms with van der Waals surface area (Å²) in [6.07, 6.45) is 1.65. The predicted molar refractivity (Wildman–Crippen MR) is 98.1 cm³/mol. The molecule has 0 aliphatic carbocycles. The average molecular weight is 349 g/mol. The van der Waals surface area contributed by atoms with Gasteiger partial charge in [-0.05, 0) is 24.6 Å². The molecule has 1 aliphatic heterocycles. The minimum Gasteiger partial charge on any atom is -0.488 e. The van der Waals surface area contributed by atoms with Crippen molar-refractivity contribution in [3.8, 4) is 5.75 Å². The number of carbonyl (C=O) groups excluding carboxylic acids is 2. The Kier molecular flexibility index (Phi) is 5.17. The van der Waals surface area contributed by atoms with E-state index in [0.29, 0.717) is 23.6 Å². The van der Waals surface area contributed by atoms with E-state index in [4.69, 9.17) is 9.47 Å². The molecule has 0 saturated heterocycles. The summed E-state index contributed by atoms with van der Waals surface area (Å²) in [5, 5.41) is 2.66. The van der Waals surface area contributed by atoms with Gasteiger partial charge in [0.2, 0.25) is 0 Å². The number of methoxy groups -OCH3 is 1. The van der Waals surface area contributed by atoms with Crippen molar-refractivity contribution in [2.75, 3.05) is 7.11 Å². The Bertz CT molecular complexity index is 897. The Morgan fingerprint density at radius 3 is 2.50 bits per heavy atom. The SMILES string of the molecule is COC(=O)C1=C(C)NC(=O)C1=Cc1ccccc1OCc1ccccc1. The lowest BCUT2D eigenvalue weighted by molar-refractivity contribution is -0.136. The van der Waals surface area contributed by atoms with Crippen molar-refractivity contribution in [2.24, 2.45) is 0 Å². The number of ether oxygens (including phenoxy) is 2. The van der Waals surface area contributed by atoms with E-state index in [1.165, 1.54) is 7.11 Å². The number of nitrogens with one attached hydrogen (secondary N) is 1. The maximum absolute atomic E-state index is 12.2. The largest absolute Gasteiger partial charge is 0.488 e. The molecule has 5 nitrogen and oxygen atoms in total. The van der Waals surface area contributed by atoms with Crippen LogP contribution in [0.3, 0.4) is 0 Å². The first kappa shape index (κ1) is 17.5.